The van der Waals surface area contributed by atoms with E-state index in [2.05, 4.69) is 5.32 Å². The number of nitrogens with one attached hydrogen (secondary N) is 1. The molecule has 23 heavy (non-hydrogen) atoms. The van der Waals surface area contributed by atoms with Crippen molar-refractivity contribution in [2.24, 2.45) is 5.14 Å². The third-order valence-electron chi connectivity index (χ3n) is 3.25. The zero-order valence-corrected chi connectivity index (χ0v) is 13.7. The van der Waals surface area contributed by atoms with Gasteiger partial charge in [-0.3, -0.25) is 4.79 Å². The standard InChI is InChI=1S/C15H15ClN2O4S/c1-9(11-4-2-3-5-13(11)19)18-15(20)10-6-7-12(16)14(8-10)23(17,21)22/h2-9,19H,1H3,(H,18,20)(H2,17,21,22). The van der Waals surface area contributed by atoms with Crippen LogP contribution in [0, 0.1) is 0 Å². The molecule has 2 aromatic carbocycles. The summed E-state index contributed by atoms with van der Waals surface area (Å²) in [6.45, 7) is 1.70. The minimum absolute atomic E-state index is 0.0571. The number of rotatable bonds is 4. The molecular weight excluding hydrogens is 340 g/mol. The number of carbonyl (C=O) groups excluding carboxylic acids is 1. The number of primary sulfonamides is 1. The highest BCUT2D eigenvalue weighted by atomic mass is 35.5. The molecule has 1 amide bonds. The van der Waals surface area contributed by atoms with Crippen LogP contribution in [-0.2, 0) is 10.0 Å². The number of sulfonamides is 1. The van der Waals surface area contributed by atoms with E-state index < -0.39 is 22.0 Å². The minimum atomic E-state index is -4.03. The monoisotopic (exact) mass is 354 g/mol. The smallest absolute Gasteiger partial charge is 0.251 e. The van der Waals surface area contributed by atoms with Gasteiger partial charge in [-0.15, -0.1) is 0 Å². The van der Waals surface area contributed by atoms with Crippen molar-refractivity contribution in [3.8, 4) is 5.75 Å². The van der Waals surface area contributed by atoms with Crippen LogP contribution < -0.4 is 10.5 Å². The molecule has 2 rings (SSSR count). The van der Waals surface area contributed by atoms with Gasteiger partial charge in [-0.05, 0) is 31.2 Å². The van der Waals surface area contributed by atoms with Gasteiger partial charge in [-0.25, -0.2) is 13.6 Å². The van der Waals surface area contributed by atoms with E-state index in [1.807, 2.05) is 0 Å². The molecule has 1 atom stereocenters. The predicted molar refractivity (Wildman–Crippen MR) is 86.8 cm³/mol. The van der Waals surface area contributed by atoms with Crippen LogP contribution in [0.15, 0.2) is 47.4 Å². The van der Waals surface area contributed by atoms with Crippen LogP contribution in [0.25, 0.3) is 0 Å². The van der Waals surface area contributed by atoms with Crippen molar-refractivity contribution in [3.05, 3.63) is 58.6 Å². The second kappa shape index (κ2) is 6.57. The Morgan fingerprint density at radius 1 is 1.26 bits per heavy atom. The van der Waals surface area contributed by atoms with Gasteiger partial charge in [0, 0.05) is 11.1 Å². The Hall–Kier alpha value is -2.09. The topological polar surface area (TPSA) is 109 Å². The van der Waals surface area contributed by atoms with Crippen molar-refractivity contribution in [2.75, 3.05) is 0 Å². The summed E-state index contributed by atoms with van der Waals surface area (Å²) in [5.74, 6) is -0.455. The molecular formula is C15H15ClN2O4S. The quantitative estimate of drug-likeness (QED) is 0.781. The predicted octanol–water partition coefficient (Wildman–Crippen LogP) is 2.18. The lowest BCUT2D eigenvalue weighted by Crippen LogP contribution is -2.27. The number of carbonyl (C=O) groups is 1. The van der Waals surface area contributed by atoms with Crippen molar-refractivity contribution >= 4 is 27.5 Å². The van der Waals surface area contributed by atoms with Crippen LogP contribution in [0.1, 0.15) is 28.9 Å². The fraction of sp³-hybridized carbons (Fsp3) is 0.133. The highest BCUT2D eigenvalue weighted by molar-refractivity contribution is 7.89. The van der Waals surface area contributed by atoms with Crippen molar-refractivity contribution < 1.29 is 18.3 Å². The lowest BCUT2D eigenvalue weighted by atomic mass is 10.1. The van der Waals surface area contributed by atoms with E-state index in [-0.39, 0.29) is 21.2 Å². The van der Waals surface area contributed by atoms with E-state index in [1.54, 1.807) is 25.1 Å². The van der Waals surface area contributed by atoms with Gasteiger partial charge in [-0.1, -0.05) is 29.8 Å². The lowest BCUT2D eigenvalue weighted by Gasteiger charge is -2.16. The molecule has 0 fully saturated rings. The largest absolute Gasteiger partial charge is 0.508 e. The van der Waals surface area contributed by atoms with Gasteiger partial charge in [0.05, 0.1) is 11.1 Å². The zero-order valence-electron chi connectivity index (χ0n) is 12.2. The highest BCUT2D eigenvalue weighted by Crippen LogP contribution is 2.25. The van der Waals surface area contributed by atoms with E-state index >= 15 is 0 Å². The third-order valence-corrected chi connectivity index (χ3v) is 4.64. The average Bonchev–Trinajstić information content (AvgIpc) is 2.46. The number of para-hydroxylation sites is 1. The Bertz CT molecular complexity index is 852. The molecule has 0 aliphatic heterocycles. The van der Waals surface area contributed by atoms with Crippen LogP contribution in [-0.4, -0.2) is 19.4 Å². The van der Waals surface area contributed by atoms with Gasteiger partial charge < -0.3 is 10.4 Å². The second-order valence-corrected chi connectivity index (χ2v) is 6.88. The molecule has 1 unspecified atom stereocenters. The van der Waals surface area contributed by atoms with Crippen LogP contribution in [0.4, 0.5) is 0 Å². The summed E-state index contributed by atoms with van der Waals surface area (Å²) in [6, 6.07) is 9.92. The maximum absolute atomic E-state index is 12.3. The number of phenols is 1. The fourth-order valence-electron chi connectivity index (χ4n) is 2.07. The number of benzene rings is 2. The van der Waals surface area contributed by atoms with Crippen molar-refractivity contribution in [1.82, 2.24) is 5.32 Å². The van der Waals surface area contributed by atoms with Crippen molar-refractivity contribution in [3.63, 3.8) is 0 Å². The first kappa shape index (κ1) is 17.3. The van der Waals surface area contributed by atoms with Crippen LogP contribution in [0.3, 0.4) is 0 Å². The molecule has 122 valence electrons. The third kappa shape index (κ3) is 4.01. The molecule has 0 radical (unpaired) electrons. The first-order valence-electron chi connectivity index (χ1n) is 6.61. The fourth-order valence-corrected chi connectivity index (χ4v) is 3.15. The molecule has 0 heterocycles. The van der Waals surface area contributed by atoms with E-state index in [9.17, 15) is 18.3 Å². The summed E-state index contributed by atoms with van der Waals surface area (Å²) < 4.78 is 22.9. The Labute approximate surface area is 138 Å². The molecule has 0 aromatic heterocycles. The lowest BCUT2D eigenvalue weighted by molar-refractivity contribution is 0.0939. The molecule has 0 bridgehead atoms. The number of hydrogen-bond acceptors (Lipinski definition) is 4. The number of phenolic OH excluding ortho intramolecular Hbond substituents is 1. The number of aromatic hydroxyl groups is 1. The first-order valence-corrected chi connectivity index (χ1v) is 8.53. The highest BCUT2D eigenvalue weighted by Gasteiger charge is 2.18. The summed E-state index contributed by atoms with van der Waals surface area (Å²) in [5.41, 5.74) is 0.641. The maximum Gasteiger partial charge on any atom is 0.251 e. The summed E-state index contributed by atoms with van der Waals surface area (Å²) >= 11 is 5.78. The zero-order chi connectivity index (χ0) is 17.2. The van der Waals surface area contributed by atoms with Gasteiger partial charge in [0.2, 0.25) is 10.0 Å². The molecule has 0 saturated heterocycles. The van der Waals surface area contributed by atoms with Gasteiger partial charge in [0.1, 0.15) is 10.6 Å². The Kier molecular flexibility index (Phi) is 4.93. The summed E-state index contributed by atoms with van der Waals surface area (Å²) in [5, 5.41) is 17.5. The SMILES string of the molecule is CC(NC(=O)c1ccc(Cl)c(S(N)(=O)=O)c1)c1ccccc1O. The van der Waals surface area contributed by atoms with E-state index in [0.29, 0.717) is 5.56 Å². The molecule has 8 heteroatoms. The molecule has 0 aliphatic carbocycles. The summed E-state index contributed by atoms with van der Waals surface area (Å²) in [4.78, 5) is 11.9. The molecule has 2 aromatic rings. The van der Waals surface area contributed by atoms with Gasteiger partial charge in [-0.2, -0.15) is 0 Å². The summed E-state index contributed by atoms with van der Waals surface area (Å²) in [7, 11) is -4.03. The number of halogens is 1. The second-order valence-electron chi connectivity index (χ2n) is 4.94. The van der Waals surface area contributed by atoms with Gasteiger partial charge in [0.15, 0.2) is 0 Å². The van der Waals surface area contributed by atoms with Crippen molar-refractivity contribution in [2.45, 2.75) is 17.9 Å². The number of nitrogens with two attached hydrogens (primary N) is 1. The Morgan fingerprint density at radius 2 is 1.91 bits per heavy atom. The van der Waals surface area contributed by atoms with Crippen LogP contribution in [0.5, 0.6) is 5.75 Å². The average molecular weight is 355 g/mol. The normalized spacial score (nSPS) is 12.7. The number of amides is 1. The Morgan fingerprint density at radius 3 is 2.52 bits per heavy atom. The Balaban J connectivity index is 2.27. The molecule has 4 N–H and O–H groups in total. The maximum atomic E-state index is 12.3. The number of hydrogen-bond donors (Lipinski definition) is 3. The van der Waals surface area contributed by atoms with Crippen LogP contribution in [0.2, 0.25) is 5.02 Å². The minimum Gasteiger partial charge on any atom is -0.508 e. The summed E-state index contributed by atoms with van der Waals surface area (Å²) in [6.07, 6.45) is 0. The molecule has 0 saturated carbocycles. The van der Waals surface area contributed by atoms with Gasteiger partial charge in [0.25, 0.3) is 5.91 Å². The van der Waals surface area contributed by atoms with Gasteiger partial charge >= 0.3 is 0 Å². The molecule has 6 nitrogen and oxygen atoms in total. The molecule has 0 spiro atoms. The molecule has 0 aliphatic rings. The van der Waals surface area contributed by atoms with E-state index in [0.717, 1.165) is 6.07 Å². The first-order chi connectivity index (χ1) is 10.7. The van der Waals surface area contributed by atoms with E-state index in [1.165, 1.54) is 18.2 Å². The van der Waals surface area contributed by atoms with Crippen molar-refractivity contribution in [1.29, 1.82) is 0 Å². The van der Waals surface area contributed by atoms with E-state index in [4.69, 9.17) is 16.7 Å². The van der Waals surface area contributed by atoms with Crippen LogP contribution >= 0.6 is 11.6 Å².